The number of unbranched alkanes of at least 4 members (excludes halogenated alkanes) is 6. The molecule has 0 N–H and O–H groups in total. The number of carbonyl (C=O) groups excluding carboxylic acids is 2. The molecule has 0 aromatic rings. The van der Waals surface area contributed by atoms with Crippen molar-refractivity contribution in [2.75, 3.05) is 13.2 Å². The third-order valence-corrected chi connectivity index (χ3v) is 4.82. The van der Waals surface area contributed by atoms with E-state index in [0.717, 1.165) is 57.8 Å². The van der Waals surface area contributed by atoms with Gasteiger partial charge in [0.1, 0.15) is 0 Å². The molecule has 0 aliphatic heterocycles. The molecule has 0 amide bonds. The van der Waals surface area contributed by atoms with Gasteiger partial charge in [0.05, 0.1) is 0 Å². The van der Waals surface area contributed by atoms with Gasteiger partial charge in [0, 0.05) is 26.1 Å². The van der Waals surface area contributed by atoms with Crippen molar-refractivity contribution in [2.45, 2.75) is 137 Å². The maximum absolute atomic E-state index is 11.9. The Bertz CT molecular complexity index is 443. The Labute approximate surface area is 201 Å². The Balaban J connectivity index is 3.68. The fourth-order valence-corrected chi connectivity index (χ4v) is 3.02. The van der Waals surface area contributed by atoms with Gasteiger partial charge < -0.3 is 28.4 Å². The maximum atomic E-state index is 11.9. The summed E-state index contributed by atoms with van der Waals surface area (Å²) < 4.78 is 32.5. The van der Waals surface area contributed by atoms with E-state index in [4.69, 9.17) is 28.4 Å². The van der Waals surface area contributed by atoms with Crippen molar-refractivity contribution in [3.05, 3.63) is 0 Å². The van der Waals surface area contributed by atoms with Crippen molar-refractivity contribution in [1.29, 1.82) is 0 Å². The van der Waals surface area contributed by atoms with Crippen LogP contribution in [0.25, 0.3) is 0 Å². The third-order valence-electron chi connectivity index (χ3n) is 4.82. The summed E-state index contributed by atoms with van der Waals surface area (Å²) in [5.41, 5.74) is 0. The van der Waals surface area contributed by atoms with Crippen LogP contribution in [-0.4, -0.2) is 50.3 Å². The van der Waals surface area contributed by atoms with Crippen molar-refractivity contribution < 1.29 is 38.0 Å². The average Bonchev–Trinajstić information content (AvgIpc) is 2.73. The number of carbonyl (C=O) groups is 2. The molecule has 33 heavy (non-hydrogen) atoms. The Morgan fingerprint density at radius 2 is 0.909 bits per heavy atom. The zero-order valence-corrected chi connectivity index (χ0v) is 21.8. The molecule has 0 fully saturated rings. The number of rotatable bonds is 22. The molecule has 4 unspecified atom stereocenters. The molecule has 0 rings (SSSR count). The summed E-state index contributed by atoms with van der Waals surface area (Å²) in [6, 6.07) is 0. The topological polar surface area (TPSA) is 89.5 Å². The zero-order valence-electron chi connectivity index (χ0n) is 21.8. The lowest BCUT2D eigenvalue weighted by Crippen LogP contribution is -2.25. The van der Waals surface area contributed by atoms with E-state index in [2.05, 4.69) is 13.8 Å². The van der Waals surface area contributed by atoms with Gasteiger partial charge in [0.2, 0.25) is 12.6 Å². The minimum Gasteiger partial charge on any atom is -0.436 e. The van der Waals surface area contributed by atoms with Gasteiger partial charge in [-0.1, -0.05) is 46.0 Å². The summed E-state index contributed by atoms with van der Waals surface area (Å²) in [7, 11) is 0. The Morgan fingerprint density at radius 1 is 0.545 bits per heavy atom. The second-order valence-electron chi connectivity index (χ2n) is 8.24. The number of hydrogen-bond donors (Lipinski definition) is 0. The van der Waals surface area contributed by atoms with E-state index in [-0.39, 0.29) is 11.9 Å². The van der Waals surface area contributed by atoms with Gasteiger partial charge >= 0.3 is 11.9 Å². The predicted octanol–water partition coefficient (Wildman–Crippen LogP) is 5.85. The Hall–Kier alpha value is -1.22. The van der Waals surface area contributed by atoms with Gasteiger partial charge in [-0.3, -0.25) is 9.59 Å². The molecule has 4 atom stereocenters. The molecule has 0 bridgehead atoms. The quantitative estimate of drug-likeness (QED) is 0.109. The van der Waals surface area contributed by atoms with Crippen LogP contribution < -0.4 is 0 Å². The molecule has 0 saturated carbocycles. The number of hydrogen-bond acceptors (Lipinski definition) is 8. The molecule has 0 spiro atoms. The lowest BCUT2D eigenvalue weighted by molar-refractivity contribution is -0.230. The van der Waals surface area contributed by atoms with Crippen molar-refractivity contribution >= 4 is 11.9 Å². The van der Waals surface area contributed by atoms with Gasteiger partial charge in [0.15, 0.2) is 12.6 Å². The highest BCUT2D eigenvalue weighted by molar-refractivity contribution is 5.69. The maximum Gasteiger partial charge on any atom is 0.308 e. The SMILES string of the molecule is CCCCOC(C)OC(C)OC(=O)CCCCCCCC(=O)OC(C)OC(C)OCCCC. The second-order valence-corrected chi connectivity index (χ2v) is 8.24. The highest BCUT2D eigenvalue weighted by Crippen LogP contribution is 2.11. The minimum absolute atomic E-state index is 0.270. The predicted molar refractivity (Wildman–Crippen MR) is 126 cm³/mol. The third kappa shape index (κ3) is 21.1. The summed E-state index contributed by atoms with van der Waals surface area (Å²) in [5, 5.41) is 0. The van der Waals surface area contributed by atoms with Gasteiger partial charge in [-0.05, 0) is 53.4 Å². The molecule has 0 aliphatic rings. The van der Waals surface area contributed by atoms with Gasteiger partial charge in [-0.25, -0.2) is 0 Å². The minimum atomic E-state index is -0.627. The first-order chi connectivity index (χ1) is 15.8. The van der Waals surface area contributed by atoms with Crippen molar-refractivity contribution in [1.82, 2.24) is 0 Å². The molecule has 0 saturated heterocycles. The van der Waals surface area contributed by atoms with Crippen LogP contribution in [0, 0.1) is 0 Å². The van der Waals surface area contributed by atoms with E-state index < -0.39 is 25.2 Å². The fraction of sp³-hybridized carbons (Fsp3) is 0.920. The standard InChI is InChI=1S/C25H48O8/c1-7-9-18-28-20(3)30-22(5)32-24(26)16-14-12-11-13-15-17-25(27)33-23(6)31-21(4)29-19-10-8-2/h20-23H,7-19H2,1-6H3. The smallest absolute Gasteiger partial charge is 0.308 e. The molecule has 8 nitrogen and oxygen atoms in total. The normalized spacial score (nSPS) is 15.0. The molecular formula is C25H48O8. The molecule has 0 radical (unpaired) electrons. The van der Waals surface area contributed by atoms with Gasteiger partial charge in [0.25, 0.3) is 0 Å². The molecular weight excluding hydrogens is 428 g/mol. The van der Waals surface area contributed by atoms with Gasteiger partial charge in [-0.15, -0.1) is 0 Å². The zero-order chi connectivity index (χ0) is 24.9. The van der Waals surface area contributed by atoms with Crippen LogP contribution >= 0.6 is 0 Å². The first-order valence-electron chi connectivity index (χ1n) is 12.7. The molecule has 0 aromatic carbocycles. The summed E-state index contributed by atoms with van der Waals surface area (Å²) in [6.45, 7) is 12.5. The van der Waals surface area contributed by atoms with Crippen LogP contribution in [0.1, 0.15) is 112 Å². The van der Waals surface area contributed by atoms with E-state index >= 15 is 0 Å². The average molecular weight is 477 g/mol. The van der Waals surface area contributed by atoms with E-state index in [1.165, 1.54) is 0 Å². The lowest BCUT2D eigenvalue weighted by Gasteiger charge is -2.19. The Morgan fingerprint density at radius 3 is 1.27 bits per heavy atom. The van der Waals surface area contributed by atoms with Crippen LogP contribution in [0.2, 0.25) is 0 Å². The van der Waals surface area contributed by atoms with Crippen LogP contribution in [0.5, 0.6) is 0 Å². The molecule has 196 valence electrons. The van der Waals surface area contributed by atoms with E-state index in [0.29, 0.717) is 26.1 Å². The van der Waals surface area contributed by atoms with Crippen LogP contribution in [0.3, 0.4) is 0 Å². The van der Waals surface area contributed by atoms with Gasteiger partial charge in [-0.2, -0.15) is 0 Å². The summed E-state index contributed by atoms with van der Waals surface area (Å²) >= 11 is 0. The van der Waals surface area contributed by atoms with Crippen LogP contribution in [0.15, 0.2) is 0 Å². The van der Waals surface area contributed by atoms with E-state index in [1.54, 1.807) is 27.7 Å². The second kappa shape index (κ2) is 21.3. The van der Waals surface area contributed by atoms with E-state index in [9.17, 15) is 9.59 Å². The highest BCUT2D eigenvalue weighted by Gasteiger charge is 2.14. The summed E-state index contributed by atoms with van der Waals surface area (Å²) in [4.78, 5) is 23.8. The van der Waals surface area contributed by atoms with Crippen molar-refractivity contribution in [3.63, 3.8) is 0 Å². The first kappa shape index (κ1) is 31.8. The van der Waals surface area contributed by atoms with E-state index in [1.807, 2.05) is 0 Å². The summed E-state index contributed by atoms with van der Waals surface area (Å²) in [6.07, 6.45) is 6.98. The first-order valence-corrected chi connectivity index (χ1v) is 12.7. The summed E-state index contributed by atoms with van der Waals surface area (Å²) in [5.74, 6) is -0.539. The molecule has 8 heteroatoms. The molecule has 0 aliphatic carbocycles. The molecule has 0 aromatic heterocycles. The molecule has 0 heterocycles. The van der Waals surface area contributed by atoms with Crippen LogP contribution in [-0.2, 0) is 38.0 Å². The van der Waals surface area contributed by atoms with Crippen molar-refractivity contribution in [3.8, 4) is 0 Å². The fourth-order valence-electron chi connectivity index (χ4n) is 3.02. The van der Waals surface area contributed by atoms with Crippen molar-refractivity contribution in [2.24, 2.45) is 0 Å². The Kier molecular flexibility index (Phi) is 20.5. The lowest BCUT2D eigenvalue weighted by atomic mass is 10.1. The number of ether oxygens (including phenoxy) is 6. The monoisotopic (exact) mass is 476 g/mol. The van der Waals surface area contributed by atoms with Crippen LogP contribution in [0.4, 0.5) is 0 Å². The number of esters is 2. The largest absolute Gasteiger partial charge is 0.436 e. The highest BCUT2D eigenvalue weighted by atomic mass is 16.8.